The van der Waals surface area contributed by atoms with Crippen molar-refractivity contribution in [2.75, 3.05) is 29.9 Å². The Hall–Kier alpha value is -0.840. The summed E-state index contributed by atoms with van der Waals surface area (Å²) in [6.45, 7) is 9.19. The van der Waals surface area contributed by atoms with E-state index < -0.39 is 0 Å². The molecule has 90 valence electrons. The SMILES string of the molecule is CCCNc1ncnc(N(CC)CC)c1Br. The Bertz CT molecular complexity index is 326. The smallest absolute Gasteiger partial charge is 0.148 e. The summed E-state index contributed by atoms with van der Waals surface area (Å²) in [4.78, 5) is 10.7. The molecular formula is C11H19BrN4. The van der Waals surface area contributed by atoms with Crippen LogP contribution in [0, 0.1) is 0 Å². The lowest BCUT2D eigenvalue weighted by atomic mass is 10.4. The van der Waals surface area contributed by atoms with Crippen molar-refractivity contribution in [1.82, 2.24) is 9.97 Å². The Kier molecular flexibility index (Phi) is 5.52. The molecule has 5 heteroatoms. The van der Waals surface area contributed by atoms with Crippen molar-refractivity contribution in [3.05, 3.63) is 10.8 Å². The van der Waals surface area contributed by atoms with Gasteiger partial charge in [-0.05, 0) is 36.2 Å². The maximum atomic E-state index is 4.32. The summed E-state index contributed by atoms with van der Waals surface area (Å²) < 4.78 is 0.951. The summed E-state index contributed by atoms with van der Waals surface area (Å²) in [6.07, 6.45) is 2.69. The second-order valence-electron chi connectivity index (χ2n) is 3.46. The molecule has 1 aromatic heterocycles. The minimum absolute atomic E-state index is 0.874. The zero-order valence-electron chi connectivity index (χ0n) is 10.1. The Morgan fingerprint density at radius 1 is 1.25 bits per heavy atom. The fourth-order valence-electron chi connectivity index (χ4n) is 1.47. The van der Waals surface area contributed by atoms with Crippen LogP contribution in [0.25, 0.3) is 0 Å². The van der Waals surface area contributed by atoms with Gasteiger partial charge in [-0.3, -0.25) is 0 Å². The Balaban J connectivity index is 2.93. The molecule has 4 nitrogen and oxygen atoms in total. The van der Waals surface area contributed by atoms with E-state index in [9.17, 15) is 0 Å². The second kappa shape index (κ2) is 6.68. The number of rotatable bonds is 6. The van der Waals surface area contributed by atoms with Gasteiger partial charge in [0.15, 0.2) is 0 Å². The lowest BCUT2D eigenvalue weighted by molar-refractivity contribution is 0.836. The molecule has 1 heterocycles. The third kappa shape index (κ3) is 3.07. The number of halogens is 1. The Labute approximate surface area is 106 Å². The van der Waals surface area contributed by atoms with Gasteiger partial charge >= 0.3 is 0 Å². The molecule has 0 fully saturated rings. The maximum absolute atomic E-state index is 4.32. The quantitative estimate of drug-likeness (QED) is 0.873. The van der Waals surface area contributed by atoms with Crippen molar-refractivity contribution >= 4 is 27.6 Å². The molecule has 16 heavy (non-hydrogen) atoms. The van der Waals surface area contributed by atoms with E-state index in [1.165, 1.54) is 0 Å². The number of hydrogen-bond acceptors (Lipinski definition) is 4. The number of nitrogens with one attached hydrogen (secondary N) is 1. The van der Waals surface area contributed by atoms with E-state index in [1.807, 2.05) is 0 Å². The van der Waals surface area contributed by atoms with Crippen molar-refractivity contribution in [2.24, 2.45) is 0 Å². The highest BCUT2D eigenvalue weighted by molar-refractivity contribution is 9.10. The average molecular weight is 287 g/mol. The van der Waals surface area contributed by atoms with Crippen LogP contribution in [0.5, 0.6) is 0 Å². The molecule has 0 atom stereocenters. The summed E-state index contributed by atoms with van der Waals surface area (Å²) in [5.41, 5.74) is 0. The Morgan fingerprint density at radius 3 is 2.50 bits per heavy atom. The van der Waals surface area contributed by atoms with Crippen molar-refractivity contribution in [3.8, 4) is 0 Å². The topological polar surface area (TPSA) is 41.1 Å². The lowest BCUT2D eigenvalue weighted by Gasteiger charge is -2.21. The van der Waals surface area contributed by atoms with Crippen LogP contribution in [0.3, 0.4) is 0 Å². The van der Waals surface area contributed by atoms with Gasteiger partial charge in [-0.2, -0.15) is 0 Å². The van der Waals surface area contributed by atoms with E-state index >= 15 is 0 Å². The molecule has 0 saturated heterocycles. The number of nitrogens with zero attached hydrogens (tertiary/aromatic N) is 3. The summed E-state index contributed by atoms with van der Waals surface area (Å²) in [5.74, 6) is 1.83. The van der Waals surface area contributed by atoms with Crippen LogP contribution < -0.4 is 10.2 Å². The third-order valence-electron chi connectivity index (χ3n) is 2.38. The van der Waals surface area contributed by atoms with E-state index in [-0.39, 0.29) is 0 Å². The fourth-order valence-corrected chi connectivity index (χ4v) is 2.07. The van der Waals surface area contributed by atoms with Gasteiger partial charge in [-0.15, -0.1) is 0 Å². The van der Waals surface area contributed by atoms with Crippen LogP contribution >= 0.6 is 15.9 Å². The summed E-state index contributed by atoms with van der Waals surface area (Å²) >= 11 is 3.56. The molecular weight excluding hydrogens is 268 g/mol. The molecule has 0 aliphatic carbocycles. The van der Waals surface area contributed by atoms with E-state index in [0.29, 0.717) is 0 Å². The van der Waals surface area contributed by atoms with Crippen LogP contribution in [0.1, 0.15) is 27.2 Å². The molecule has 0 aliphatic rings. The van der Waals surface area contributed by atoms with Crippen molar-refractivity contribution < 1.29 is 0 Å². The number of aromatic nitrogens is 2. The molecule has 0 bridgehead atoms. The van der Waals surface area contributed by atoms with Crippen LogP contribution in [0.2, 0.25) is 0 Å². The average Bonchev–Trinajstić information content (AvgIpc) is 2.31. The molecule has 0 aromatic carbocycles. The molecule has 0 spiro atoms. The summed E-state index contributed by atoms with van der Waals surface area (Å²) in [6, 6.07) is 0. The first-order valence-corrected chi connectivity index (χ1v) is 6.53. The normalized spacial score (nSPS) is 10.2. The van der Waals surface area contributed by atoms with Gasteiger partial charge in [0.2, 0.25) is 0 Å². The first kappa shape index (κ1) is 13.2. The van der Waals surface area contributed by atoms with Crippen molar-refractivity contribution in [1.29, 1.82) is 0 Å². The predicted octanol–water partition coefficient (Wildman–Crippen LogP) is 2.91. The van der Waals surface area contributed by atoms with E-state index in [0.717, 1.165) is 42.2 Å². The predicted molar refractivity (Wildman–Crippen MR) is 72.1 cm³/mol. The van der Waals surface area contributed by atoms with Gasteiger partial charge in [0.05, 0.1) is 0 Å². The maximum Gasteiger partial charge on any atom is 0.148 e. The van der Waals surface area contributed by atoms with Gasteiger partial charge in [0.1, 0.15) is 22.4 Å². The van der Waals surface area contributed by atoms with Gasteiger partial charge in [-0.25, -0.2) is 9.97 Å². The largest absolute Gasteiger partial charge is 0.369 e. The zero-order valence-corrected chi connectivity index (χ0v) is 11.7. The lowest BCUT2D eigenvalue weighted by Crippen LogP contribution is -2.24. The summed E-state index contributed by atoms with van der Waals surface area (Å²) in [5, 5.41) is 3.28. The van der Waals surface area contributed by atoms with E-state index in [2.05, 4.69) is 56.9 Å². The molecule has 1 aromatic rings. The highest BCUT2D eigenvalue weighted by Crippen LogP contribution is 2.29. The number of anilines is 2. The molecule has 0 unspecified atom stereocenters. The van der Waals surface area contributed by atoms with Gasteiger partial charge in [0.25, 0.3) is 0 Å². The first-order chi connectivity index (χ1) is 7.74. The van der Waals surface area contributed by atoms with Crippen LogP contribution in [-0.4, -0.2) is 29.6 Å². The molecule has 0 saturated carbocycles. The van der Waals surface area contributed by atoms with Gasteiger partial charge in [0, 0.05) is 19.6 Å². The molecule has 0 amide bonds. The fraction of sp³-hybridized carbons (Fsp3) is 0.636. The molecule has 0 aliphatic heterocycles. The van der Waals surface area contributed by atoms with Crippen molar-refractivity contribution in [2.45, 2.75) is 27.2 Å². The van der Waals surface area contributed by atoms with Crippen molar-refractivity contribution in [3.63, 3.8) is 0 Å². The molecule has 0 radical (unpaired) electrons. The van der Waals surface area contributed by atoms with Crippen LogP contribution in [0.4, 0.5) is 11.6 Å². The first-order valence-electron chi connectivity index (χ1n) is 5.73. The monoisotopic (exact) mass is 286 g/mol. The highest BCUT2D eigenvalue weighted by Gasteiger charge is 2.12. The minimum atomic E-state index is 0.874. The highest BCUT2D eigenvalue weighted by atomic mass is 79.9. The van der Waals surface area contributed by atoms with Crippen LogP contribution in [-0.2, 0) is 0 Å². The second-order valence-corrected chi connectivity index (χ2v) is 4.25. The van der Waals surface area contributed by atoms with Gasteiger partial charge in [-0.1, -0.05) is 6.92 Å². The van der Waals surface area contributed by atoms with E-state index in [4.69, 9.17) is 0 Å². The third-order valence-corrected chi connectivity index (χ3v) is 3.11. The zero-order chi connectivity index (χ0) is 12.0. The summed E-state index contributed by atoms with van der Waals surface area (Å²) in [7, 11) is 0. The standard InChI is InChI=1S/C11H19BrN4/c1-4-7-13-10-9(12)11(15-8-14-10)16(5-2)6-3/h8H,4-7H2,1-3H3,(H,13,14,15). The number of hydrogen-bond donors (Lipinski definition) is 1. The minimum Gasteiger partial charge on any atom is -0.369 e. The van der Waals surface area contributed by atoms with E-state index in [1.54, 1.807) is 6.33 Å². The molecule has 1 N–H and O–H groups in total. The van der Waals surface area contributed by atoms with Gasteiger partial charge < -0.3 is 10.2 Å². The van der Waals surface area contributed by atoms with Crippen LogP contribution in [0.15, 0.2) is 10.8 Å². The molecule has 1 rings (SSSR count). The Morgan fingerprint density at radius 2 is 1.94 bits per heavy atom.